The third-order valence-corrected chi connectivity index (χ3v) is 16.5. The second-order valence-electron chi connectivity index (χ2n) is 20.6. The first-order chi connectivity index (χ1) is 32.5. The fourth-order valence-electron chi connectivity index (χ4n) is 13.1. The predicted octanol–water partition coefficient (Wildman–Crippen LogP) is 5.52. The topological polar surface area (TPSA) is 175 Å². The summed E-state index contributed by atoms with van der Waals surface area (Å²) in [4.78, 5) is 61.3. The molecule has 4 atom stereocenters. The molecule has 1 aromatic carbocycles. The Morgan fingerprint density at radius 3 is 2.60 bits per heavy atom. The van der Waals surface area contributed by atoms with Gasteiger partial charge in [0.15, 0.2) is 11.3 Å². The molecule has 0 spiro atoms. The Kier molecular flexibility index (Phi) is 10.6. The number of hydrogen-bond acceptors (Lipinski definition) is 11. The van der Waals surface area contributed by atoms with Gasteiger partial charge in [0.2, 0.25) is 11.8 Å². The molecule has 2 N–H and O–H groups in total. The second-order valence-corrected chi connectivity index (χ2v) is 20.6. The number of ether oxygens (including phenoxy) is 2. The molecule has 4 aliphatic heterocycles. The molecule has 19 heteroatoms. The third kappa shape index (κ3) is 7.55. The number of benzene rings is 1. The second kappa shape index (κ2) is 16.6. The average Bonchev–Trinajstić information content (AvgIpc) is 4.20. The van der Waals surface area contributed by atoms with E-state index in [4.69, 9.17) is 14.5 Å². The van der Waals surface area contributed by atoms with Crippen LogP contribution < -0.4 is 21.2 Å². The highest BCUT2D eigenvalue weighted by Gasteiger charge is 2.57. The Labute approximate surface area is 385 Å². The van der Waals surface area contributed by atoms with Crippen LogP contribution in [0.1, 0.15) is 123 Å². The van der Waals surface area contributed by atoms with E-state index in [0.717, 1.165) is 114 Å². The van der Waals surface area contributed by atoms with Crippen molar-refractivity contribution < 1.29 is 32.6 Å². The summed E-state index contributed by atoms with van der Waals surface area (Å²) in [5, 5.41) is 13.7. The van der Waals surface area contributed by atoms with Crippen LogP contribution in [-0.4, -0.2) is 114 Å². The number of imide groups is 1. The van der Waals surface area contributed by atoms with Gasteiger partial charge < -0.3 is 24.6 Å². The maximum atomic E-state index is 14.4. The number of likely N-dealkylation sites (tertiary alicyclic amines) is 1. The Morgan fingerprint density at radius 2 is 1.85 bits per heavy atom. The SMILES string of the molecule is Cn1c(=O)n(C2CCC(=O)NC2=O)c2cccc(C3CC4(COC5CCN(CC6CCC(n7cc(NC(=O)c8cnn9ccc(N%10C[C@H]%11C[C@@H]%10CO%11)nc89)c(C(F)F)n7)CC6)CC5)CC3C4)c21. The lowest BCUT2D eigenvalue weighted by Crippen LogP contribution is -2.44. The molecule has 17 nitrogen and oxygen atoms in total. The number of rotatable bonds is 12. The highest BCUT2D eigenvalue weighted by Crippen LogP contribution is 2.65. The van der Waals surface area contributed by atoms with Gasteiger partial charge >= 0.3 is 5.69 Å². The van der Waals surface area contributed by atoms with Crippen molar-refractivity contribution in [2.45, 2.75) is 120 Å². The van der Waals surface area contributed by atoms with Crippen LogP contribution in [0.15, 0.2) is 47.7 Å². The van der Waals surface area contributed by atoms with Gasteiger partial charge in [0, 0.05) is 52.0 Å². The van der Waals surface area contributed by atoms with Crippen molar-refractivity contribution in [2.75, 3.05) is 49.6 Å². The molecule has 354 valence electrons. The number of carbonyl (C=O) groups is 3. The highest BCUT2D eigenvalue weighted by atomic mass is 19.3. The zero-order valence-corrected chi connectivity index (χ0v) is 37.7. The summed E-state index contributed by atoms with van der Waals surface area (Å²) in [6.45, 7) is 5.12. The third-order valence-electron chi connectivity index (χ3n) is 16.5. The van der Waals surface area contributed by atoms with Crippen LogP contribution in [0.25, 0.3) is 16.7 Å². The predicted molar refractivity (Wildman–Crippen MR) is 241 cm³/mol. The smallest absolute Gasteiger partial charge is 0.329 e. The molecule has 4 aromatic heterocycles. The van der Waals surface area contributed by atoms with E-state index >= 15 is 0 Å². The molecule has 4 aliphatic carbocycles. The van der Waals surface area contributed by atoms with Crippen LogP contribution in [0, 0.1) is 17.3 Å². The number of nitrogens with one attached hydrogen (secondary N) is 2. The number of imidazole rings is 1. The van der Waals surface area contributed by atoms with Crippen molar-refractivity contribution in [3.63, 3.8) is 0 Å². The van der Waals surface area contributed by atoms with Crippen LogP contribution in [0.5, 0.6) is 0 Å². The molecule has 13 rings (SSSR count). The molecule has 8 fully saturated rings. The molecular weight excluding hydrogens is 865 g/mol. The minimum absolute atomic E-state index is 0.00571. The van der Waals surface area contributed by atoms with Gasteiger partial charge in [-0.2, -0.15) is 10.2 Å². The highest BCUT2D eigenvalue weighted by molar-refractivity contribution is 6.08. The first-order valence-electron chi connectivity index (χ1n) is 24.3. The Bertz CT molecular complexity index is 2810. The molecule has 4 saturated carbocycles. The van der Waals surface area contributed by atoms with E-state index in [1.165, 1.54) is 16.3 Å². The molecule has 8 heterocycles. The van der Waals surface area contributed by atoms with Crippen molar-refractivity contribution in [3.8, 4) is 0 Å². The summed E-state index contributed by atoms with van der Waals surface area (Å²) in [7, 11) is 1.78. The zero-order valence-electron chi connectivity index (χ0n) is 37.7. The van der Waals surface area contributed by atoms with Crippen LogP contribution in [0.2, 0.25) is 0 Å². The lowest BCUT2D eigenvalue weighted by Gasteiger charge is -2.41. The van der Waals surface area contributed by atoms with E-state index in [2.05, 4.69) is 36.7 Å². The molecular formula is C48H57F2N11O6. The van der Waals surface area contributed by atoms with E-state index in [1.807, 2.05) is 18.2 Å². The number of morpholine rings is 1. The minimum atomic E-state index is -2.85. The van der Waals surface area contributed by atoms with E-state index in [0.29, 0.717) is 36.4 Å². The molecule has 0 radical (unpaired) electrons. The summed E-state index contributed by atoms with van der Waals surface area (Å²) in [5.41, 5.74) is 2.85. The first-order valence-corrected chi connectivity index (χ1v) is 24.3. The number of amides is 3. The van der Waals surface area contributed by atoms with Gasteiger partial charge in [-0.3, -0.25) is 33.5 Å². The largest absolute Gasteiger partial charge is 0.378 e. The number of alkyl halides is 2. The number of aromatic nitrogens is 7. The Hall–Kier alpha value is -5.53. The molecule has 3 amide bonds. The van der Waals surface area contributed by atoms with Crippen molar-refractivity contribution in [2.24, 2.45) is 24.3 Å². The maximum absolute atomic E-state index is 14.4. The number of anilines is 2. The van der Waals surface area contributed by atoms with E-state index < -0.39 is 30.0 Å². The van der Waals surface area contributed by atoms with Crippen LogP contribution in [0.4, 0.5) is 20.3 Å². The number of halogens is 2. The van der Waals surface area contributed by atoms with Crippen LogP contribution in [-0.2, 0) is 26.1 Å². The monoisotopic (exact) mass is 921 g/mol. The van der Waals surface area contributed by atoms with E-state index in [-0.39, 0.29) is 59.0 Å². The van der Waals surface area contributed by atoms with Gasteiger partial charge in [0.1, 0.15) is 17.4 Å². The van der Waals surface area contributed by atoms with Gasteiger partial charge in [-0.15, -0.1) is 0 Å². The Balaban J connectivity index is 0.618. The van der Waals surface area contributed by atoms with Gasteiger partial charge in [-0.1, -0.05) is 12.1 Å². The average molecular weight is 922 g/mol. The lowest BCUT2D eigenvalue weighted by molar-refractivity contribution is -0.135. The van der Waals surface area contributed by atoms with Gasteiger partial charge in [-0.05, 0) is 111 Å². The van der Waals surface area contributed by atoms with Crippen molar-refractivity contribution in [1.29, 1.82) is 0 Å². The van der Waals surface area contributed by atoms with E-state index in [9.17, 15) is 28.0 Å². The normalized spacial score (nSPS) is 30.0. The lowest BCUT2D eigenvalue weighted by atomic mass is 9.69. The number of carbonyl (C=O) groups excluding carboxylic acids is 3. The van der Waals surface area contributed by atoms with Crippen LogP contribution in [0.3, 0.4) is 0 Å². The maximum Gasteiger partial charge on any atom is 0.329 e. The van der Waals surface area contributed by atoms with Crippen molar-refractivity contribution >= 4 is 45.9 Å². The van der Waals surface area contributed by atoms with Crippen LogP contribution >= 0.6 is 0 Å². The summed E-state index contributed by atoms with van der Waals surface area (Å²) in [5.74, 6) is 0.834. The quantitative estimate of drug-likeness (QED) is 0.151. The number of piperidine rings is 2. The zero-order chi connectivity index (χ0) is 45.7. The molecule has 8 aliphatic rings. The molecule has 67 heavy (non-hydrogen) atoms. The fraction of sp³-hybridized carbons (Fsp3) is 0.604. The van der Waals surface area contributed by atoms with Gasteiger partial charge in [-0.25, -0.2) is 23.1 Å². The van der Waals surface area contributed by atoms with Gasteiger partial charge in [0.25, 0.3) is 12.3 Å². The molecule has 4 bridgehead atoms. The number of para-hydroxylation sites is 1. The summed E-state index contributed by atoms with van der Waals surface area (Å²) in [6, 6.07) is 7.44. The molecule has 2 unspecified atom stereocenters. The fourth-order valence-corrected chi connectivity index (χ4v) is 13.1. The number of aryl methyl sites for hydroxylation is 1. The van der Waals surface area contributed by atoms with Gasteiger partial charge in [0.05, 0.1) is 60.4 Å². The number of nitrogens with zero attached hydrogens (tertiary/aromatic N) is 9. The summed E-state index contributed by atoms with van der Waals surface area (Å²) in [6.07, 6.45) is 12.6. The molecule has 5 aromatic rings. The summed E-state index contributed by atoms with van der Waals surface area (Å²) >= 11 is 0. The standard InChI is InChI=1S/C48H57F2N11O6/c1-56-42-33(3-2-4-37(42)61(47(56)65)38-9-10-40(62)54-46(38)64)34-20-48(18-28(34)19-48)26-67-31-11-14-57(15-12-31)22-27-5-7-29(8-6-27)60-24-36(41(55-60)43(49)50)52-45(63)35-21-51-59-16-13-39(53-44(35)59)58-23-32-17-30(58)25-66-32/h2-4,13,16,21,24,27-32,34,38,43H,5-12,14-15,17-20,22-23,25-26H2,1H3,(H,52,63)(H,54,62,64)/t27?,28?,29?,30-,32-,34?,38?,48?/m1/s1. The Morgan fingerprint density at radius 1 is 1.03 bits per heavy atom. The van der Waals surface area contributed by atoms with Crippen molar-refractivity contribution in [1.82, 2.24) is 43.7 Å². The van der Waals surface area contributed by atoms with E-state index in [1.54, 1.807) is 33.3 Å². The number of fused-ring (bicyclic) bond motifs is 5. The summed E-state index contributed by atoms with van der Waals surface area (Å²) < 4.78 is 47.6. The first kappa shape index (κ1) is 42.8. The number of hydrogen-bond donors (Lipinski definition) is 2. The molecule has 4 saturated heterocycles. The minimum Gasteiger partial charge on any atom is -0.378 e. The van der Waals surface area contributed by atoms with Crippen molar-refractivity contribution in [3.05, 3.63) is 70.2 Å².